The average Bonchev–Trinajstić information content (AvgIpc) is 2.40. The molecule has 0 fully saturated rings. The van der Waals surface area contributed by atoms with Crippen LogP contribution in [-0.2, 0) is 6.54 Å². The first-order chi connectivity index (χ1) is 8.66. The van der Waals surface area contributed by atoms with E-state index in [1.807, 2.05) is 18.2 Å². The van der Waals surface area contributed by atoms with Crippen LogP contribution < -0.4 is 5.32 Å². The lowest BCUT2D eigenvalue weighted by Gasteiger charge is -2.14. The number of hydrogen-bond acceptors (Lipinski definition) is 1. The summed E-state index contributed by atoms with van der Waals surface area (Å²) < 4.78 is 14.5. The zero-order chi connectivity index (χ0) is 13.0. The number of nitrogens with one attached hydrogen (secondary N) is 1. The molecule has 2 aromatic rings. The Morgan fingerprint density at radius 1 is 1.17 bits per heavy atom. The van der Waals surface area contributed by atoms with E-state index in [4.69, 9.17) is 0 Å². The van der Waals surface area contributed by atoms with Gasteiger partial charge in [0.05, 0.1) is 0 Å². The largest absolute Gasteiger partial charge is 0.306 e. The van der Waals surface area contributed by atoms with Crippen LogP contribution in [0.3, 0.4) is 0 Å². The Balaban J connectivity index is 2.01. The van der Waals surface area contributed by atoms with E-state index in [9.17, 15) is 4.39 Å². The lowest BCUT2D eigenvalue weighted by Crippen LogP contribution is -2.18. The van der Waals surface area contributed by atoms with Gasteiger partial charge in [-0.1, -0.05) is 46.3 Å². The van der Waals surface area contributed by atoms with Gasteiger partial charge in [0.2, 0.25) is 0 Å². The van der Waals surface area contributed by atoms with Crippen LogP contribution in [0.1, 0.15) is 24.1 Å². The van der Waals surface area contributed by atoms with Gasteiger partial charge >= 0.3 is 0 Å². The number of hydrogen-bond donors (Lipinski definition) is 1. The van der Waals surface area contributed by atoms with E-state index < -0.39 is 0 Å². The molecule has 0 saturated carbocycles. The zero-order valence-electron chi connectivity index (χ0n) is 10.2. The molecule has 2 aromatic carbocycles. The molecular weight excluding hydrogens is 293 g/mol. The molecule has 0 aliphatic carbocycles. The summed E-state index contributed by atoms with van der Waals surface area (Å²) in [6.45, 7) is 2.59. The van der Waals surface area contributed by atoms with E-state index in [1.165, 1.54) is 11.6 Å². The predicted molar refractivity (Wildman–Crippen MR) is 75.8 cm³/mol. The third-order valence-electron chi connectivity index (χ3n) is 2.91. The van der Waals surface area contributed by atoms with E-state index in [2.05, 4.69) is 40.3 Å². The molecule has 0 heterocycles. The Morgan fingerprint density at radius 2 is 1.89 bits per heavy atom. The molecule has 0 unspecified atom stereocenters. The fraction of sp³-hybridized carbons (Fsp3) is 0.200. The van der Waals surface area contributed by atoms with E-state index in [0.717, 1.165) is 4.47 Å². The van der Waals surface area contributed by atoms with Crippen LogP contribution in [-0.4, -0.2) is 0 Å². The maximum atomic E-state index is 13.6. The Kier molecular flexibility index (Phi) is 4.50. The lowest BCUT2D eigenvalue weighted by atomic mass is 10.1. The van der Waals surface area contributed by atoms with Gasteiger partial charge < -0.3 is 5.32 Å². The van der Waals surface area contributed by atoms with Crippen molar-refractivity contribution in [3.63, 3.8) is 0 Å². The maximum Gasteiger partial charge on any atom is 0.127 e. The van der Waals surface area contributed by atoms with Crippen molar-refractivity contribution >= 4 is 15.9 Å². The molecule has 3 heteroatoms. The highest BCUT2D eigenvalue weighted by atomic mass is 79.9. The third-order valence-corrected chi connectivity index (χ3v) is 3.40. The van der Waals surface area contributed by atoms with Gasteiger partial charge in [0.25, 0.3) is 0 Å². The summed E-state index contributed by atoms with van der Waals surface area (Å²) in [5.41, 5.74) is 1.88. The van der Waals surface area contributed by atoms with Gasteiger partial charge in [-0.05, 0) is 30.7 Å². The smallest absolute Gasteiger partial charge is 0.127 e. The highest BCUT2D eigenvalue weighted by Crippen LogP contribution is 2.17. The summed E-state index contributed by atoms with van der Waals surface area (Å²) in [6, 6.07) is 15.3. The average molecular weight is 308 g/mol. The lowest BCUT2D eigenvalue weighted by molar-refractivity contribution is 0.544. The fourth-order valence-electron chi connectivity index (χ4n) is 1.80. The van der Waals surface area contributed by atoms with Crippen LogP contribution in [0.2, 0.25) is 0 Å². The van der Waals surface area contributed by atoms with Crippen LogP contribution >= 0.6 is 15.9 Å². The molecule has 0 bridgehead atoms. The molecule has 1 nitrogen and oxygen atoms in total. The topological polar surface area (TPSA) is 12.0 Å². The first-order valence-electron chi connectivity index (χ1n) is 5.89. The van der Waals surface area contributed by atoms with Gasteiger partial charge in [-0.3, -0.25) is 0 Å². The molecule has 0 saturated heterocycles. The van der Waals surface area contributed by atoms with Crippen molar-refractivity contribution in [2.75, 3.05) is 0 Å². The highest BCUT2D eigenvalue weighted by molar-refractivity contribution is 9.10. The van der Waals surface area contributed by atoms with Gasteiger partial charge in [0.15, 0.2) is 0 Å². The molecular formula is C15H15BrFN. The standard InChI is InChI=1S/C15H15BrFN/c1-11(12-5-3-2-4-6-12)18-10-13-9-14(16)7-8-15(13)17/h2-9,11,18H,10H2,1H3/t11-/m0/s1. The van der Waals surface area contributed by atoms with Gasteiger partial charge in [-0.2, -0.15) is 0 Å². The van der Waals surface area contributed by atoms with Gasteiger partial charge in [0, 0.05) is 22.6 Å². The molecule has 18 heavy (non-hydrogen) atoms. The summed E-state index contributed by atoms with van der Waals surface area (Å²) >= 11 is 3.35. The molecule has 1 atom stereocenters. The zero-order valence-corrected chi connectivity index (χ0v) is 11.7. The highest BCUT2D eigenvalue weighted by Gasteiger charge is 2.07. The summed E-state index contributed by atoms with van der Waals surface area (Å²) in [5, 5.41) is 3.32. The van der Waals surface area contributed by atoms with Crippen molar-refractivity contribution < 1.29 is 4.39 Å². The van der Waals surface area contributed by atoms with Gasteiger partial charge in [0.1, 0.15) is 5.82 Å². The minimum Gasteiger partial charge on any atom is -0.306 e. The molecule has 0 amide bonds. The van der Waals surface area contributed by atoms with E-state index in [1.54, 1.807) is 12.1 Å². The van der Waals surface area contributed by atoms with Crippen LogP contribution in [0.25, 0.3) is 0 Å². The molecule has 94 valence electrons. The second-order valence-corrected chi connectivity index (χ2v) is 5.16. The predicted octanol–water partition coefficient (Wildman–Crippen LogP) is 4.44. The summed E-state index contributed by atoms with van der Waals surface area (Å²) in [4.78, 5) is 0. The van der Waals surface area contributed by atoms with Crippen molar-refractivity contribution in [2.24, 2.45) is 0 Å². The van der Waals surface area contributed by atoms with E-state index >= 15 is 0 Å². The molecule has 0 radical (unpaired) electrons. The van der Waals surface area contributed by atoms with E-state index in [0.29, 0.717) is 12.1 Å². The van der Waals surface area contributed by atoms with E-state index in [-0.39, 0.29) is 11.9 Å². The number of benzene rings is 2. The molecule has 0 aromatic heterocycles. The van der Waals surface area contributed by atoms with Crippen molar-refractivity contribution in [3.05, 3.63) is 69.9 Å². The van der Waals surface area contributed by atoms with Crippen LogP contribution in [0, 0.1) is 5.82 Å². The van der Waals surface area contributed by atoms with Crippen molar-refractivity contribution in [2.45, 2.75) is 19.5 Å². The second-order valence-electron chi connectivity index (χ2n) is 4.25. The quantitative estimate of drug-likeness (QED) is 0.880. The summed E-state index contributed by atoms with van der Waals surface area (Å²) in [6.07, 6.45) is 0. The molecule has 0 aliphatic rings. The summed E-state index contributed by atoms with van der Waals surface area (Å²) in [5.74, 6) is -0.175. The normalized spacial score (nSPS) is 12.4. The van der Waals surface area contributed by atoms with Crippen molar-refractivity contribution in [1.82, 2.24) is 5.32 Å². The number of rotatable bonds is 4. The molecule has 0 aliphatic heterocycles. The maximum absolute atomic E-state index is 13.6. The Bertz CT molecular complexity index is 513. The Labute approximate surface area is 115 Å². The minimum atomic E-state index is -0.175. The van der Waals surface area contributed by atoms with Crippen molar-refractivity contribution in [3.8, 4) is 0 Å². The Morgan fingerprint density at radius 3 is 2.61 bits per heavy atom. The first-order valence-corrected chi connectivity index (χ1v) is 6.68. The molecule has 1 N–H and O–H groups in total. The number of halogens is 2. The van der Waals surface area contributed by atoms with Crippen LogP contribution in [0.5, 0.6) is 0 Å². The van der Waals surface area contributed by atoms with Crippen LogP contribution in [0.15, 0.2) is 53.0 Å². The monoisotopic (exact) mass is 307 g/mol. The molecule has 2 rings (SSSR count). The van der Waals surface area contributed by atoms with Gasteiger partial charge in [-0.25, -0.2) is 4.39 Å². The minimum absolute atomic E-state index is 0.175. The summed E-state index contributed by atoms with van der Waals surface area (Å²) in [7, 11) is 0. The second kappa shape index (κ2) is 6.12. The Hall–Kier alpha value is -1.19. The molecule has 0 spiro atoms. The SMILES string of the molecule is C[C@H](NCc1cc(Br)ccc1F)c1ccccc1. The van der Waals surface area contributed by atoms with Crippen LogP contribution in [0.4, 0.5) is 4.39 Å². The first kappa shape index (κ1) is 13.2. The fourth-order valence-corrected chi connectivity index (χ4v) is 2.21. The third kappa shape index (κ3) is 3.40. The van der Waals surface area contributed by atoms with Crippen molar-refractivity contribution in [1.29, 1.82) is 0 Å². The van der Waals surface area contributed by atoms with Gasteiger partial charge in [-0.15, -0.1) is 0 Å².